The molecule has 22 heavy (non-hydrogen) atoms. The van der Waals surface area contributed by atoms with E-state index in [9.17, 15) is 14.9 Å². The fourth-order valence-corrected chi connectivity index (χ4v) is 2.79. The normalized spacial score (nSPS) is 22.3. The van der Waals surface area contributed by atoms with E-state index in [-0.39, 0.29) is 42.0 Å². The molecule has 0 heterocycles. The molecule has 3 N–H and O–H groups in total. The third-order valence-corrected chi connectivity index (χ3v) is 4.03. The summed E-state index contributed by atoms with van der Waals surface area (Å²) < 4.78 is 0. The lowest BCUT2D eigenvalue weighted by Crippen LogP contribution is -2.38. The number of hydrogen-bond acceptors (Lipinski definition) is 4. The molecule has 1 fully saturated rings. The smallest absolute Gasteiger partial charge is 0.269 e. The number of nitrogens with two attached hydrogens (primary N) is 1. The molecule has 1 aliphatic carbocycles. The third-order valence-electron chi connectivity index (χ3n) is 4.03. The average Bonchev–Trinajstić information content (AvgIpc) is 2.47. The van der Waals surface area contributed by atoms with E-state index in [1.54, 1.807) is 12.1 Å². The summed E-state index contributed by atoms with van der Waals surface area (Å²) in [7, 11) is 0. The molecule has 1 aromatic carbocycles. The van der Waals surface area contributed by atoms with Crippen molar-refractivity contribution in [1.82, 2.24) is 5.32 Å². The zero-order chi connectivity index (χ0) is 15.4. The number of carbonyl (C=O) groups excluding carboxylic acids is 1. The van der Waals surface area contributed by atoms with Crippen molar-refractivity contribution >= 4 is 24.0 Å². The minimum Gasteiger partial charge on any atom is -0.349 e. The summed E-state index contributed by atoms with van der Waals surface area (Å²) in [5.74, 6) is -0.0564. The molecule has 0 aliphatic heterocycles. The molecule has 1 amide bonds. The zero-order valence-electron chi connectivity index (χ0n) is 12.5. The van der Waals surface area contributed by atoms with Gasteiger partial charge in [0.1, 0.15) is 0 Å². The maximum absolute atomic E-state index is 12.2. The van der Waals surface area contributed by atoms with Crippen molar-refractivity contribution in [3.05, 3.63) is 39.9 Å². The molecule has 0 saturated heterocycles. The second-order valence-electron chi connectivity index (χ2n) is 5.71. The quantitative estimate of drug-likeness (QED) is 0.656. The van der Waals surface area contributed by atoms with Gasteiger partial charge in [-0.15, -0.1) is 12.4 Å². The van der Waals surface area contributed by atoms with Crippen LogP contribution in [0.4, 0.5) is 5.69 Å². The van der Waals surface area contributed by atoms with E-state index in [0.29, 0.717) is 6.42 Å². The van der Waals surface area contributed by atoms with E-state index in [0.717, 1.165) is 24.8 Å². The van der Waals surface area contributed by atoms with Crippen LogP contribution in [0.3, 0.4) is 0 Å². The number of non-ortho nitro benzene ring substituents is 1. The standard InChI is InChI=1S/C15H21N3O3.ClH/c1-10(11-4-3-7-14(9-11)18(20)21)17-15(19)12-5-2-6-13(16)8-12;/h3-4,7,9-10,12-13H,2,5-6,8,16H2,1H3,(H,17,19);1H. The first-order valence-corrected chi connectivity index (χ1v) is 7.27. The summed E-state index contributed by atoms with van der Waals surface area (Å²) in [5, 5.41) is 13.7. The molecule has 0 radical (unpaired) electrons. The van der Waals surface area contributed by atoms with Crippen LogP contribution in [-0.4, -0.2) is 16.9 Å². The lowest BCUT2D eigenvalue weighted by atomic mass is 9.85. The van der Waals surface area contributed by atoms with Crippen LogP contribution in [0.5, 0.6) is 0 Å². The molecule has 1 saturated carbocycles. The molecule has 0 bridgehead atoms. The molecule has 1 aliphatic rings. The maximum Gasteiger partial charge on any atom is 0.269 e. The van der Waals surface area contributed by atoms with Gasteiger partial charge in [0.15, 0.2) is 0 Å². The minimum absolute atomic E-state index is 0. The maximum atomic E-state index is 12.2. The number of halogens is 1. The van der Waals surface area contributed by atoms with Crippen molar-refractivity contribution < 1.29 is 9.72 Å². The Balaban J connectivity index is 0.00000242. The molecule has 3 atom stereocenters. The van der Waals surface area contributed by atoms with Crippen LogP contribution in [0.15, 0.2) is 24.3 Å². The number of hydrogen-bond donors (Lipinski definition) is 2. The van der Waals surface area contributed by atoms with E-state index in [2.05, 4.69) is 5.32 Å². The number of nitrogens with one attached hydrogen (secondary N) is 1. The van der Waals surface area contributed by atoms with E-state index < -0.39 is 4.92 Å². The van der Waals surface area contributed by atoms with Crippen molar-refractivity contribution in [2.45, 2.75) is 44.7 Å². The van der Waals surface area contributed by atoms with Crippen LogP contribution < -0.4 is 11.1 Å². The van der Waals surface area contributed by atoms with Crippen LogP contribution >= 0.6 is 12.4 Å². The van der Waals surface area contributed by atoms with Crippen LogP contribution in [0.2, 0.25) is 0 Å². The van der Waals surface area contributed by atoms with Gasteiger partial charge in [0.05, 0.1) is 11.0 Å². The Hall–Kier alpha value is -1.66. The Labute approximate surface area is 136 Å². The number of benzene rings is 1. The number of nitrogens with zero attached hydrogens (tertiary/aromatic N) is 1. The van der Waals surface area contributed by atoms with Crippen molar-refractivity contribution in [3.8, 4) is 0 Å². The Bertz CT molecular complexity index is 539. The predicted octanol–water partition coefficient (Wildman–Crippen LogP) is 2.71. The van der Waals surface area contributed by atoms with Gasteiger partial charge in [-0.3, -0.25) is 14.9 Å². The first-order chi connectivity index (χ1) is 9.97. The van der Waals surface area contributed by atoms with Gasteiger partial charge < -0.3 is 11.1 Å². The highest BCUT2D eigenvalue weighted by Crippen LogP contribution is 2.25. The molecule has 6 nitrogen and oxygen atoms in total. The Morgan fingerprint density at radius 1 is 1.45 bits per heavy atom. The number of rotatable bonds is 4. The fraction of sp³-hybridized carbons (Fsp3) is 0.533. The lowest BCUT2D eigenvalue weighted by molar-refractivity contribution is -0.384. The largest absolute Gasteiger partial charge is 0.349 e. The number of amides is 1. The summed E-state index contributed by atoms with van der Waals surface area (Å²) in [5.41, 5.74) is 6.67. The highest BCUT2D eigenvalue weighted by Gasteiger charge is 2.26. The summed E-state index contributed by atoms with van der Waals surface area (Å²) in [4.78, 5) is 22.6. The molecule has 7 heteroatoms. The molecule has 0 spiro atoms. The predicted molar refractivity (Wildman–Crippen MR) is 86.8 cm³/mol. The van der Waals surface area contributed by atoms with Gasteiger partial charge in [-0.2, -0.15) is 0 Å². The fourth-order valence-electron chi connectivity index (χ4n) is 2.79. The molecular formula is C15H22ClN3O3. The second-order valence-corrected chi connectivity index (χ2v) is 5.71. The highest BCUT2D eigenvalue weighted by molar-refractivity contribution is 5.85. The molecule has 3 unspecified atom stereocenters. The van der Waals surface area contributed by atoms with Crippen LogP contribution in [0.25, 0.3) is 0 Å². The minimum atomic E-state index is -0.432. The summed E-state index contributed by atoms with van der Waals surface area (Å²) >= 11 is 0. The first-order valence-electron chi connectivity index (χ1n) is 7.27. The molecule has 2 rings (SSSR count). The van der Waals surface area contributed by atoms with Gasteiger partial charge in [0, 0.05) is 24.1 Å². The number of nitro groups is 1. The van der Waals surface area contributed by atoms with Crippen molar-refractivity contribution in [1.29, 1.82) is 0 Å². The first kappa shape index (κ1) is 18.4. The van der Waals surface area contributed by atoms with Crippen LogP contribution in [0, 0.1) is 16.0 Å². The van der Waals surface area contributed by atoms with Gasteiger partial charge >= 0.3 is 0 Å². The summed E-state index contributed by atoms with van der Waals surface area (Å²) in [6.07, 6.45) is 3.53. The van der Waals surface area contributed by atoms with E-state index in [1.165, 1.54) is 12.1 Å². The zero-order valence-corrected chi connectivity index (χ0v) is 13.3. The van der Waals surface area contributed by atoms with Crippen LogP contribution in [-0.2, 0) is 4.79 Å². The van der Waals surface area contributed by atoms with E-state index >= 15 is 0 Å². The summed E-state index contributed by atoms with van der Waals surface area (Å²) in [6, 6.07) is 6.20. The number of carbonyl (C=O) groups is 1. The topological polar surface area (TPSA) is 98.3 Å². The molecule has 122 valence electrons. The molecule has 0 aromatic heterocycles. The highest BCUT2D eigenvalue weighted by atomic mass is 35.5. The van der Waals surface area contributed by atoms with Gasteiger partial charge in [-0.05, 0) is 31.7 Å². The van der Waals surface area contributed by atoms with Gasteiger partial charge in [-0.25, -0.2) is 0 Å². The van der Waals surface area contributed by atoms with Crippen molar-refractivity contribution in [2.24, 2.45) is 11.7 Å². The summed E-state index contributed by atoms with van der Waals surface area (Å²) in [6.45, 7) is 1.83. The van der Waals surface area contributed by atoms with Gasteiger partial charge in [0.25, 0.3) is 5.69 Å². The van der Waals surface area contributed by atoms with E-state index in [1.807, 2.05) is 6.92 Å². The Kier molecular flexibility index (Phi) is 6.77. The average molecular weight is 328 g/mol. The Morgan fingerprint density at radius 3 is 2.82 bits per heavy atom. The second kappa shape index (κ2) is 8.10. The lowest BCUT2D eigenvalue weighted by Gasteiger charge is -2.27. The van der Waals surface area contributed by atoms with Crippen LogP contribution in [0.1, 0.15) is 44.2 Å². The van der Waals surface area contributed by atoms with Gasteiger partial charge in [0.2, 0.25) is 5.91 Å². The third kappa shape index (κ3) is 4.68. The van der Waals surface area contributed by atoms with Crippen molar-refractivity contribution in [3.63, 3.8) is 0 Å². The van der Waals surface area contributed by atoms with E-state index in [4.69, 9.17) is 5.73 Å². The molecular weight excluding hydrogens is 306 g/mol. The van der Waals surface area contributed by atoms with Gasteiger partial charge in [-0.1, -0.05) is 18.6 Å². The monoisotopic (exact) mass is 327 g/mol. The van der Waals surface area contributed by atoms with Crippen molar-refractivity contribution in [2.75, 3.05) is 0 Å². The Morgan fingerprint density at radius 2 is 2.18 bits per heavy atom. The SMILES string of the molecule is CC(NC(=O)C1CCCC(N)C1)c1cccc([N+](=O)[O-])c1.Cl. The molecule has 1 aromatic rings. The number of nitro benzene ring substituents is 1.